The molecule has 8 heteroatoms. The van der Waals surface area contributed by atoms with E-state index in [-0.39, 0.29) is 13.1 Å². The van der Waals surface area contributed by atoms with Crippen LogP contribution in [0.1, 0.15) is 13.0 Å². The van der Waals surface area contributed by atoms with Crippen molar-refractivity contribution >= 4 is 16.5 Å². The van der Waals surface area contributed by atoms with E-state index < -0.39 is 4.92 Å². The zero-order chi connectivity index (χ0) is 22.4. The van der Waals surface area contributed by atoms with Crippen molar-refractivity contribution in [1.82, 2.24) is 15.5 Å². The van der Waals surface area contributed by atoms with Crippen molar-refractivity contribution in [2.24, 2.45) is 0 Å². The molecule has 2 N–H and O–H groups in total. The molecule has 2 fully saturated rings. The summed E-state index contributed by atoms with van der Waals surface area (Å²) in [6.45, 7) is 6.40. The summed E-state index contributed by atoms with van der Waals surface area (Å²) in [4.78, 5) is 12.0. The average molecular weight is 453 g/mol. The van der Waals surface area contributed by atoms with Crippen molar-refractivity contribution < 1.29 is 14.1 Å². The molecule has 0 aromatic heterocycles. The Labute approximate surface area is 195 Å². The van der Waals surface area contributed by atoms with E-state index in [0.717, 1.165) is 56.5 Å². The van der Waals surface area contributed by atoms with Crippen molar-refractivity contribution in [3.05, 3.63) is 82.4 Å². The fraction of sp³-hybridized carbons (Fsp3) is 0.360. The highest BCUT2D eigenvalue weighted by Crippen LogP contribution is 2.25. The van der Waals surface area contributed by atoms with E-state index in [2.05, 4.69) is 45.9 Å². The molecule has 0 atom stereocenters. The van der Waals surface area contributed by atoms with Gasteiger partial charge in [0.2, 0.25) is 0 Å². The molecule has 2 bridgehead atoms. The Morgan fingerprint density at radius 3 is 2.39 bits per heavy atom. The minimum absolute atomic E-state index is 0. The van der Waals surface area contributed by atoms with Gasteiger partial charge in [-0.3, -0.25) is 25.2 Å². The van der Waals surface area contributed by atoms with E-state index in [4.69, 9.17) is 4.74 Å². The van der Waals surface area contributed by atoms with Gasteiger partial charge in [0, 0.05) is 18.6 Å². The third-order valence-corrected chi connectivity index (χ3v) is 6.07. The van der Waals surface area contributed by atoms with Crippen molar-refractivity contribution in [2.75, 3.05) is 47.0 Å². The Hall–Kier alpha value is -3.04. The summed E-state index contributed by atoms with van der Waals surface area (Å²) in [5, 5.41) is 19.7. The molecule has 0 amide bonds. The summed E-state index contributed by atoms with van der Waals surface area (Å²) < 4.78 is 6.49. The minimum Gasteiger partial charge on any atom is -0.497 e. The molecule has 3 aromatic rings. The number of hydrogen-bond donors (Lipinski definition) is 2. The normalized spacial score (nSPS) is 21.3. The molecule has 0 spiro atoms. The van der Waals surface area contributed by atoms with Crippen molar-refractivity contribution in [3.63, 3.8) is 0 Å². The Kier molecular flexibility index (Phi) is 8.35. The van der Waals surface area contributed by atoms with Gasteiger partial charge in [0.1, 0.15) is 25.8 Å². The number of nitro groups is 1. The number of benzene rings is 3. The van der Waals surface area contributed by atoms with E-state index in [1.165, 1.54) is 28.5 Å². The second kappa shape index (κ2) is 11.2. The molecule has 176 valence electrons. The number of non-ortho nitro benzene ring substituents is 1. The second-order valence-corrected chi connectivity index (χ2v) is 8.36. The lowest BCUT2D eigenvalue weighted by Gasteiger charge is -2.49. The molecule has 2 saturated heterocycles. The van der Waals surface area contributed by atoms with Crippen molar-refractivity contribution in [2.45, 2.75) is 13.8 Å². The van der Waals surface area contributed by atoms with Crippen LogP contribution in [0.5, 0.6) is 5.75 Å². The molecule has 8 nitrogen and oxygen atoms in total. The average Bonchev–Trinajstić information content (AvgIpc) is 2.83. The van der Waals surface area contributed by atoms with Gasteiger partial charge in [-0.05, 0) is 28.5 Å². The highest BCUT2D eigenvalue weighted by molar-refractivity contribution is 5.87. The van der Waals surface area contributed by atoms with Crippen molar-refractivity contribution in [1.29, 1.82) is 0 Å². The van der Waals surface area contributed by atoms with Gasteiger partial charge in [0.15, 0.2) is 0 Å². The molecule has 3 aromatic carbocycles. The predicted octanol–water partition coefficient (Wildman–Crippen LogP) is 3.73. The van der Waals surface area contributed by atoms with E-state index in [1.807, 2.05) is 6.07 Å². The molecule has 0 saturated carbocycles. The van der Waals surface area contributed by atoms with Crippen LogP contribution >= 0.6 is 0 Å². The summed E-state index contributed by atoms with van der Waals surface area (Å²) in [6, 6.07) is 20.9. The Bertz CT molecular complexity index is 1050. The zero-order valence-corrected chi connectivity index (χ0v) is 18.4. The molecule has 5 rings (SSSR count). The fourth-order valence-electron chi connectivity index (χ4n) is 4.42. The van der Waals surface area contributed by atoms with Gasteiger partial charge in [-0.25, -0.2) is 4.90 Å². The summed E-state index contributed by atoms with van der Waals surface area (Å²) in [5.41, 5.74) is 1.55. The molecule has 0 aliphatic carbocycles. The Balaban J connectivity index is 0.000000260. The van der Waals surface area contributed by atoms with Crippen LogP contribution in [0.3, 0.4) is 0 Å². The van der Waals surface area contributed by atoms with Gasteiger partial charge >= 0.3 is 0 Å². The number of methoxy groups -OCH3 is 1. The van der Waals surface area contributed by atoms with Gasteiger partial charge in [-0.2, -0.15) is 0 Å². The number of hydrogen-bond acceptors (Lipinski definition) is 6. The lowest BCUT2D eigenvalue weighted by molar-refractivity contribution is -0.954. The molecule has 0 unspecified atom stereocenters. The Morgan fingerprint density at radius 2 is 1.76 bits per heavy atom. The lowest BCUT2D eigenvalue weighted by atomic mass is 10.0. The molecule has 0 radical (unpaired) electrons. The molecular formula is C25H34N5O3+. The minimum atomic E-state index is -0.417. The number of nitrogens with one attached hydrogen (secondary N) is 2. The molecule has 2 heterocycles. The number of nitro benzene ring substituents is 1. The first-order valence-electron chi connectivity index (χ1n) is 10.8. The molecular weight excluding hydrogens is 418 g/mol. The van der Waals surface area contributed by atoms with Crippen LogP contribution in [0, 0.1) is 10.1 Å². The highest BCUT2D eigenvalue weighted by atomic mass is 16.6. The zero-order valence-electron chi connectivity index (χ0n) is 18.4. The summed E-state index contributed by atoms with van der Waals surface area (Å²) in [5.74, 6) is 0.933. The van der Waals surface area contributed by atoms with Gasteiger partial charge in [-0.15, -0.1) is 0 Å². The van der Waals surface area contributed by atoms with Gasteiger partial charge in [0.25, 0.3) is 5.69 Å². The van der Waals surface area contributed by atoms with E-state index >= 15 is 0 Å². The maximum absolute atomic E-state index is 10.0. The van der Waals surface area contributed by atoms with Gasteiger partial charge in [0.05, 0.1) is 31.9 Å². The van der Waals surface area contributed by atoms with Gasteiger partial charge in [-0.1, -0.05) is 49.9 Å². The largest absolute Gasteiger partial charge is 0.497 e. The predicted molar refractivity (Wildman–Crippen MR) is 132 cm³/mol. The number of para-hydroxylation sites is 1. The Morgan fingerprint density at radius 1 is 1.03 bits per heavy atom. The van der Waals surface area contributed by atoms with Crippen LogP contribution in [-0.4, -0.2) is 61.3 Å². The number of quaternary nitrogens is 1. The summed E-state index contributed by atoms with van der Waals surface area (Å²) in [7, 11) is 1.73. The van der Waals surface area contributed by atoms with E-state index in [1.54, 1.807) is 25.3 Å². The third-order valence-electron chi connectivity index (χ3n) is 6.07. The quantitative estimate of drug-likeness (QED) is 0.349. The standard InChI is InChI=1S/C18H25N4O.C6H5NO2.CH4/c1-23-17-6-5-15-3-2-4-16(18(15)9-17)7-8-22-12-19-10-21(14-22)11-20-13-22;8-7(9)6-4-2-1-3-5-6;/h2-6,9,19-20H,7-8,10-14H2,1H3;1-5H;1H4/q+1;;. The SMILES string of the molecule is C.COc1ccc2cccc(CC[N+]34CNCN(CNC3)C4)c2c1.O=[N+]([O-])c1ccccc1. The monoisotopic (exact) mass is 452 g/mol. The van der Waals surface area contributed by atoms with Crippen LogP contribution in [0.15, 0.2) is 66.7 Å². The number of fused-ring (bicyclic) bond motifs is 3. The first-order chi connectivity index (χ1) is 15.6. The lowest BCUT2D eigenvalue weighted by Crippen LogP contribution is -2.72. The van der Waals surface area contributed by atoms with Crippen LogP contribution in [0.25, 0.3) is 10.8 Å². The van der Waals surface area contributed by atoms with Gasteiger partial charge < -0.3 is 4.74 Å². The summed E-state index contributed by atoms with van der Waals surface area (Å²) >= 11 is 0. The van der Waals surface area contributed by atoms with Crippen LogP contribution in [-0.2, 0) is 6.42 Å². The maximum Gasteiger partial charge on any atom is 0.269 e. The van der Waals surface area contributed by atoms with E-state index in [9.17, 15) is 10.1 Å². The third kappa shape index (κ3) is 6.06. The molecule has 33 heavy (non-hydrogen) atoms. The number of ether oxygens (including phenoxy) is 1. The maximum atomic E-state index is 10.0. The van der Waals surface area contributed by atoms with Crippen LogP contribution in [0.2, 0.25) is 0 Å². The van der Waals surface area contributed by atoms with Crippen LogP contribution < -0.4 is 15.4 Å². The fourth-order valence-corrected chi connectivity index (χ4v) is 4.42. The first kappa shape index (κ1) is 24.6. The number of rotatable bonds is 5. The topological polar surface area (TPSA) is 79.7 Å². The molecule has 2 aliphatic rings. The number of nitrogens with zero attached hydrogens (tertiary/aromatic N) is 3. The highest BCUT2D eigenvalue weighted by Gasteiger charge is 2.36. The van der Waals surface area contributed by atoms with Crippen molar-refractivity contribution in [3.8, 4) is 5.75 Å². The molecule has 2 aliphatic heterocycles. The first-order valence-corrected chi connectivity index (χ1v) is 10.8. The van der Waals surface area contributed by atoms with E-state index in [0.29, 0.717) is 0 Å². The second-order valence-electron chi connectivity index (χ2n) is 8.36. The summed E-state index contributed by atoms with van der Waals surface area (Å²) in [6.07, 6.45) is 1.09. The van der Waals surface area contributed by atoms with Crippen LogP contribution in [0.4, 0.5) is 5.69 Å². The smallest absolute Gasteiger partial charge is 0.269 e.